The smallest absolute Gasteiger partial charge is 0.238 e. The Kier molecular flexibility index (Phi) is 2.79. The molecule has 1 aromatic carbocycles. The highest BCUT2D eigenvalue weighted by molar-refractivity contribution is 6.23. The van der Waals surface area contributed by atoms with Crippen molar-refractivity contribution in [3.8, 4) is 11.5 Å². The summed E-state index contributed by atoms with van der Waals surface area (Å²) in [4.78, 5) is 27.0. The van der Waals surface area contributed by atoms with Crippen LogP contribution < -0.4 is 14.4 Å². The van der Waals surface area contributed by atoms with Gasteiger partial charge < -0.3 is 9.47 Å². The van der Waals surface area contributed by atoms with Crippen molar-refractivity contribution < 1.29 is 19.1 Å². The van der Waals surface area contributed by atoms with E-state index in [0.717, 1.165) is 6.42 Å². The first-order chi connectivity index (χ1) is 10.7. The summed E-state index contributed by atoms with van der Waals surface area (Å²) in [7, 11) is 3.08. The first-order valence-electron chi connectivity index (χ1n) is 7.44. The van der Waals surface area contributed by atoms with E-state index in [0.29, 0.717) is 17.2 Å². The molecule has 1 saturated heterocycles. The molecule has 5 heteroatoms. The molecule has 1 heterocycles. The molecule has 1 aromatic rings. The second kappa shape index (κ2) is 4.60. The molecule has 0 radical (unpaired) electrons. The lowest BCUT2D eigenvalue weighted by molar-refractivity contribution is -0.123. The maximum absolute atomic E-state index is 12.8. The van der Waals surface area contributed by atoms with Crippen LogP contribution in [0.3, 0.4) is 0 Å². The number of benzene rings is 1. The van der Waals surface area contributed by atoms with Crippen LogP contribution in [0, 0.1) is 23.7 Å². The molecule has 2 amide bonds. The fourth-order valence-corrected chi connectivity index (χ4v) is 4.11. The Labute approximate surface area is 128 Å². The zero-order valence-electron chi connectivity index (χ0n) is 12.5. The molecule has 2 aliphatic carbocycles. The van der Waals surface area contributed by atoms with Gasteiger partial charge in [0.15, 0.2) is 0 Å². The molecule has 4 atom stereocenters. The number of hydrogen-bond donors (Lipinski definition) is 0. The fraction of sp³-hybridized carbons (Fsp3) is 0.412. The van der Waals surface area contributed by atoms with Gasteiger partial charge in [0.1, 0.15) is 11.5 Å². The van der Waals surface area contributed by atoms with Crippen molar-refractivity contribution in [1.82, 2.24) is 0 Å². The topological polar surface area (TPSA) is 55.8 Å². The molecule has 22 heavy (non-hydrogen) atoms. The lowest BCUT2D eigenvalue weighted by Gasteiger charge is -2.20. The Hall–Kier alpha value is -2.30. The van der Waals surface area contributed by atoms with Gasteiger partial charge in [-0.25, -0.2) is 4.90 Å². The normalized spacial score (nSPS) is 31.8. The number of ether oxygens (including phenoxy) is 2. The van der Waals surface area contributed by atoms with Gasteiger partial charge in [0.25, 0.3) is 0 Å². The monoisotopic (exact) mass is 299 g/mol. The van der Waals surface area contributed by atoms with Crippen molar-refractivity contribution in [3.05, 3.63) is 30.4 Å². The van der Waals surface area contributed by atoms with E-state index < -0.39 is 0 Å². The molecular weight excluding hydrogens is 282 g/mol. The van der Waals surface area contributed by atoms with E-state index in [-0.39, 0.29) is 35.5 Å². The molecule has 5 nitrogen and oxygen atoms in total. The van der Waals surface area contributed by atoms with Gasteiger partial charge >= 0.3 is 0 Å². The fourth-order valence-electron chi connectivity index (χ4n) is 4.11. The highest BCUT2D eigenvalue weighted by Crippen LogP contribution is 2.54. The van der Waals surface area contributed by atoms with E-state index >= 15 is 0 Å². The van der Waals surface area contributed by atoms with E-state index in [9.17, 15) is 9.59 Å². The molecule has 0 unspecified atom stereocenters. The minimum Gasteiger partial charge on any atom is -0.497 e. The third-order valence-electron chi connectivity index (χ3n) is 5.10. The minimum atomic E-state index is -0.210. The van der Waals surface area contributed by atoms with Gasteiger partial charge in [-0.15, -0.1) is 0 Å². The minimum absolute atomic E-state index is 0.113. The first kappa shape index (κ1) is 13.4. The van der Waals surface area contributed by atoms with Crippen LogP contribution in [0.4, 0.5) is 5.69 Å². The predicted molar refractivity (Wildman–Crippen MR) is 79.8 cm³/mol. The molecule has 1 aliphatic heterocycles. The van der Waals surface area contributed by atoms with Crippen LogP contribution in [-0.2, 0) is 9.59 Å². The number of anilines is 1. The molecule has 3 aliphatic rings. The Bertz CT molecular complexity index is 666. The Morgan fingerprint density at radius 1 is 1.00 bits per heavy atom. The maximum Gasteiger partial charge on any atom is 0.238 e. The molecule has 114 valence electrons. The molecule has 0 aromatic heterocycles. The molecule has 2 fully saturated rings. The van der Waals surface area contributed by atoms with Gasteiger partial charge in [-0.1, -0.05) is 12.2 Å². The van der Waals surface area contributed by atoms with E-state index in [2.05, 4.69) is 12.2 Å². The van der Waals surface area contributed by atoms with Crippen LogP contribution in [0.2, 0.25) is 0 Å². The summed E-state index contributed by atoms with van der Waals surface area (Å²) in [5.41, 5.74) is 0.477. The van der Waals surface area contributed by atoms with Crippen LogP contribution in [0.5, 0.6) is 11.5 Å². The Balaban J connectivity index is 1.78. The van der Waals surface area contributed by atoms with E-state index in [1.807, 2.05) is 0 Å². The zero-order valence-corrected chi connectivity index (χ0v) is 12.5. The van der Waals surface area contributed by atoms with E-state index in [1.165, 1.54) is 12.0 Å². The molecule has 2 bridgehead atoms. The summed E-state index contributed by atoms with van der Waals surface area (Å²) < 4.78 is 10.5. The molecule has 4 rings (SSSR count). The number of nitrogens with zero attached hydrogens (tertiary/aromatic N) is 1. The number of methoxy groups -OCH3 is 2. The third kappa shape index (κ3) is 1.59. The second-order valence-electron chi connectivity index (χ2n) is 6.05. The number of rotatable bonds is 3. The highest BCUT2D eigenvalue weighted by atomic mass is 16.5. The summed E-state index contributed by atoms with van der Waals surface area (Å²) in [6, 6.07) is 5.15. The third-order valence-corrected chi connectivity index (χ3v) is 5.10. The number of amides is 2. The van der Waals surface area contributed by atoms with Gasteiger partial charge in [-0.3, -0.25) is 9.59 Å². The van der Waals surface area contributed by atoms with Crippen molar-refractivity contribution in [2.45, 2.75) is 6.42 Å². The van der Waals surface area contributed by atoms with Crippen LogP contribution in [0.1, 0.15) is 6.42 Å². The largest absolute Gasteiger partial charge is 0.497 e. The van der Waals surface area contributed by atoms with Gasteiger partial charge in [0, 0.05) is 6.07 Å². The maximum atomic E-state index is 12.8. The number of allylic oxidation sites excluding steroid dienone is 2. The SMILES string of the molecule is COc1ccc(OC)c(N2C(=O)[C@@H]3[C@H](C2=O)[C@H]2C=C[C@@H]3C2)c1. The van der Waals surface area contributed by atoms with Crippen LogP contribution in [0.25, 0.3) is 0 Å². The average Bonchev–Trinajstić information content (AvgIpc) is 3.21. The Morgan fingerprint density at radius 2 is 1.64 bits per heavy atom. The van der Waals surface area contributed by atoms with Crippen LogP contribution >= 0.6 is 0 Å². The highest BCUT2D eigenvalue weighted by Gasteiger charge is 2.59. The second-order valence-corrected chi connectivity index (χ2v) is 6.05. The van der Waals surface area contributed by atoms with Crippen LogP contribution in [-0.4, -0.2) is 26.0 Å². The summed E-state index contributed by atoms with van der Waals surface area (Å²) in [6.07, 6.45) is 5.10. The van der Waals surface area contributed by atoms with Gasteiger partial charge in [-0.2, -0.15) is 0 Å². The van der Waals surface area contributed by atoms with Crippen LogP contribution in [0.15, 0.2) is 30.4 Å². The van der Waals surface area contributed by atoms with E-state index in [1.54, 1.807) is 25.3 Å². The number of carbonyl (C=O) groups excluding carboxylic acids is 2. The summed E-state index contributed by atoms with van der Waals surface area (Å²) >= 11 is 0. The van der Waals surface area contributed by atoms with Gasteiger partial charge in [0.2, 0.25) is 11.8 Å². The lowest BCUT2D eigenvalue weighted by Crippen LogP contribution is -2.33. The van der Waals surface area contributed by atoms with Crippen molar-refractivity contribution in [2.75, 3.05) is 19.1 Å². The number of carbonyl (C=O) groups is 2. The summed E-state index contributed by atoms with van der Waals surface area (Å²) in [6.45, 7) is 0. The molecule has 0 N–H and O–H groups in total. The molecular formula is C17H17NO4. The molecule has 0 spiro atoms. The standard InChI is InChI=1S/C17H17NO4/c1-21-11-5-6-13(22-2)12(8-11)18-16(19)14-9-3-4-10(7-9)15(14)17(18)20/h3-6,8-10,14-15H,7H2,1-2H3/t9-,10+,14+,15-. The van der Waals surface area contributed by atoms with E-state index in [4.69, 9.17) is 9.47 Å². The number of fused-ring (bicyclic) bond motifs is 5. The summed E-state index contributed by atoms with van der Waals surface area (Å²) in [5.74, 6) is 0.854. The zero-order chi connectivity index (χ0) is 15.4. The predicted octanol–water partition coefficient (Wildman–Crippen LogP) is 2.02. The van der Waals surface area contributed by atoms with Crippen molar-refractivity contribution >= 4 is 17.5 Å². The van der Waals surface area contributed by atoms with Gasteiger partial charge in [0.05, 0.1) is 31.7 Å². The summed E-state index contributed by atoms with van der Waals surface area (Å²) in [5, 5.41) is 0. The number of hydrogen-bond acceptors (Lipinski definition) is 4. The average molecular weight is 299 g/mol. The Morgan fingerprint density at radius 3 is 2.18 bits per heavy atom. The molecule has 1 saturated carbocycles. The lowest BCUT2D eigenvalue weighted by atomic mass is 9.85. The van der Waals surface area contributed by atoms with Crippen molar-refractivity contribution in [2.24, 2.45) is 23.7 Å². The first-order valence-corrected chi connectivity index (χ1v) is 7.44. The van der Waals surface area contributed by atoms with Crippen molar-refractivity contribution in [1.29, 1.82) is 0 Å². The quantitative estimate of drug-likeness (QED) is 0.633. The van der Waals surface area contributed by atoms with Crippen molar-refractivity contribution in [3.63, 3.8) is 0 Å². The van der Waals surface area contributed by atoms with Gasteiger partial charge in [-0.05, 0) is 30.4 Å². The number of imide groups is 1.